The van der Waals surface area contributed by atoms with Crippen LogP contribution in [-0.2, 0) is 10.4 Å². The average Bonchev–Trinajstić information content (AvgIpc) is 2.37. The van der Waals surface area contributed by atoms with Gasteiger partial charge in [0.25, 0.3) is 0 Å². The molecule has 0 spiro atoms. The van der Waals surface area contributed by atoms with Gasteiger partial charge in [0.1, 0.15) is 5.60 Å². The molecule has 1 aromatic rings. The topological polar surface area (TPSA) is 57.5 Å². The van der Waals surface area contributed by atoms with Crippen molar-refractivity contribution in [1.29, 1.82) is 0 Å². The molecule has 2 aliphatic rings. The predicted octanol–water partition coefficient (Wildman–Crippen LogP) is 1.77. The van der Waals surface area contributed by atoms with E-state index < -0.39 is 11.2 Å². The number of carbonyl (C=O) groups excluding carboxylic acids is 1. The largest absolute Gasteiger partial charge is 0.386 e. The van der Waals surface area contributed by atoms with Crippen LogP contribution in [0.15, 0.2) is 30.3 Å². The van der Waals surface area contributed by atoms with Crippen LogP contribution in [0, 0.1) is 5.92 Å². The number of benzene rings is 1. The Morgan fingerprint density at radius 1 is 1.17 bits per heavy atom. The van der Waals surface area contributed by atoms with Gasteiger partial charge in [0.05, 0.1) is 0 Å². The second-order valence-electron chi connectivity index (χ2n) is 5.70. The highest BCUT2D eigenvalue weighted by Gasteiger charge is 2.60. The molecule has 0 radical (unpaired) electrons. The van der Waals surface area contributed by atoms with Gasteiger partial charge in [-0.25, -0.2) is 0 Å². The Morgan fingerprint density at radius 2 is 1.89 bits per heavy atom. The average molecular weight is 246 g/mol. The zero-order valence-electron chi connectivity index (χ0n) is 10.3. The lowest BCUT2D eigenvalue weighted by Crippen LogP contribution is -2.62. The maximum absolute atomic E-state index is 12.3. The van der Waals surface area contributed by atoms with Gasteiger partial charge in [0.2, 0.25) is 0 Å². The minimum absolute atomic E-state index is 0.229. The first-order valence-electron chi connectivity index (χ1n) is 6.60. The summed E-state index contributed by atoms with van der Waals surface area (Å²) in [5.74, 6) is 0.00684. The van der Waals surface area contributed by atoms with Gasteiger partial charge in [-0.3, -0.25) is 4.79 Å². The molecule has 3 rings (SSSR count). The molecule has 18 heavy (non-hydrogen) atoms. The number of carbonyl (C=O) groups is 1. The Labute approximate surface area is 106 Å². The van der Waals surface area contributed by atoms with Crippen LogP contribution < -0.4 is 0 Å². The summed E-state index contributed by atoms with van der Waals surface area (Å²) in [7, 11) is 0. The maximum atomic E-state index is 12.3. The van der Waals surface area contributed by atoms with Gasteiger partial charge in [0.15, 0.2) is 11.4 Å². The van der Waals surface area contributed by atoms with Crippen LogP contribution >= 0.6 is 0 Å². The van der Waals surface area contributed by atoms with Gasteiger partial charge in [-0.05, 0) is 30.7 Å². The van der Waals surface area contributed by atoms with Crippen molar-refractivity contribution in [3.05, 3.63) is 35.9 Å². The van der Waals surface area contributed by atoms with E-state index in [1.165, 1.54) is 0 Å². The Morgan fingerprint density at radius 3 is 2.61 bits per heavy atom. The smallest absolute Gasteiger partial charge is 0.176 e. The quantitative estimate of drug-likeness (QED) is 0.794. The molecule has 2 aliphatic carbocycles. The van der Waals surface area contributed by atoms with Gasteiger partial charge in [0, 0.05) is 6.42 Å². The third-order valence-corrected chi connectivity index (χ3v) is 4.57. The Bertz CT molecular complexity index is 470. The van der Waals surface area contributed by atoms with Crippen LogP contribution in [0.3, 0.4) is 0 Å². The minimum Gasteiger partial charge on any atom is -0.386 e. The van der Waals surface area contributed by atoms with E-state index in [2.05, 4.69) is 0 Å². The zero-order valence-corrected chi connectivity index (χ0v) is 10.3. The first kappa shape index (κ1) is 11.9. The summed E-state index contributed by atoms with van der Waals surface area (Å²) in [6.45, 7) is 0. The van der Waals surface area contributed by atoms with Gasteiger partial charge in [-0.15, -0.1) is 0 Å². The summed E-state index contributed by atoms with van der Waals surface area (Å²) in [6.07, 6.45) is 3.28. The minimum atomic E-state index is -1.72. The van der Waals surface area contributed by atoms with E-state index in [0.717, 1.165) is 12.8 Å². The highest BCUT2D eigenvalue weighted by atomic mass is 16.4. The first-order chi connectivity index (χ1) is 8.56. The van der Waals surface area contributed by atoms with Gasteiger partial charge < -0.3 is 10.2 Å². The molecule has 0 amide bonds. The summed E-state index contributed by atoms with van der Waals surface area (Å²) >= 11 is 0. The molecule has 3 nitrogen and oxygen atoms in total. The fourth-order valence-corrected chi connectivity index (χ4v) is 3.65. The fraction of sp³-hybridized carbons (Fsp3) is 0.533. The molecule has 2 N–H and O–H groups in total. The monoisotopic (exact) mass is 246 g/mol. The Hall–Kier alpha value is -1.19. The van der Waals surface area contributed by atoms with Gasteiger partial charge in [-0.2, -0.15) is 0 Å². The zero-order chi connectivity index (χ0) is 12.8. The van der Waals surface area contributed by atoms with Gasteiger partial charge in [-0.1, -0.05) is 36.8 Å². The van der Waals surface area contributed by atoms with E-state index in [0.29, 0.717) is 24.8 Å². The molecule has 0 saturated heterocycles. The lowest BCUT2D eigenvalue weighted by Gasteiger charge is -2.51. The van der Waals surface area contributed by atoms with Crippen LogP contribution in [0.4, 0.5) is 0 Å². The van der Waals surface area contributed by atoms with Crippen molar-refractivity contribution in [3.63, 3.8) is 0 Å². The van der Waals surface area contributed by atoms with Gasteiger partial charge >= 0.3 is 0 Å². The molecule has 96 valence electrons. The Kier molecular flexibility index (Phi) is 2.57. The van der Waals surface area contributed by atoms with E-state index >= 15 is 0 Å². The molecule has 2 bridgehead atoms. The number of ketones is 1. The summed E-state index contributed by atoms with van der Waals surface area (Å²) in [5, 5.41) is 21.7. The standard InChI is InChI=1S/C15H18O3/c16-13-9-11-5-4-8-14(17,10-11)15(13,18)12-6-2-1-3-7-12/h1-3,6-7,11,17-18H,4-5,8-10H2/t11-,14+,15-/m1/s1. The predicted molar refractivity (Wildman–Crippen MR) is 66.9 cm³/mol. The van der Waals surface area contributed by atoms with Crippen molar-refractivity contribution < 1.29 is 15.0 Å². The van der Waals surface area contributed by atoms with Crippen molar-refractivity contribution in [1.82, 2.24) is 0 Å². The second kappa shape index (κ2) is 3.90. The molecule has 3 heteroatoms. The molecular formula is C15H18O3. The number of hydrogen-bond donors (Lipinski definition) is 2. The first-order valence-corrected chi connectivity index (χ1v) is 6.60. The molecule has 3 atom stereocenters. The summed E-state index contributed by atoms with van der Waals surface area (Å²) in [4.78, 5) is 12.3. The van der Waals surface area contributed by atoms with Crippen molar-refractivity contribution >= 4 is 5.78 Å². The highest BCUT2D eigenvalue weighted by Crippen LogP contribution is 2.51. The summed E-state index contributed by atoms with van der Waals surface area (Å²) in [6, 6.07) is 8.88. The SMILES string of the molecule is O=C1C[C@H]2CCC[C@](O)(C2)[C@@]1(O)c1ccccc1. The summed E-state index contributed by atoms with van der Waals surface area (Å²) in [5.41, 5.74) is -2.48. The van der Waals surface area contributed by atoms with Crippen LogP contribution in [0.2, 0.25) is 0 Å². The van der Waals surface area contributed by atoms with E-state index in [1.807, 2.05) is 6.07 Å². The molecule has 1 aromatic carbocycles. The summed E-state index contributed by atoms with van der Waals surface area (Å²) < 4.78 is 0. The third kappa shape index (κ3) is 1.47. The molecule has 0 aliphatic heterocycles. The molecule has 0 unspecified atom stereocenters. The van der Waals surface area contributed by atoms with Crippen LogP contribution in [0.1, 0.15) is 37.7 Å². The lowest BCUT2D eigenvalue weighted by molar-refractivity contribution is -0.204. The molecular weight excluding hydrogens is 228 g/mol. The van der Waals surface area contributed by atoms with Crippen molar-refractivity contribution in [2.45, 2.75) is 43.3 Å². The molecule has 0 heterocycles. The second-order valence-corrected chi connectivity index (χ2v) is 5.70. The van der Waals surface area contributed by atoms with Crippen LogP contribution in [-0.4, -0.2) is 21.6 Å². The number of hydrogen-bond acceptors (Lipinski definition) is 3. The third-order valence-electron chi connectivity index (χ3n) is 4.57. The number of fused-ring (bicyclic) bond motifs is 2. The van der Waals surface area contributed by atoms with Crippen LogP contribution in [0.25, 0.3) is 0 Å². The van der Waals surface area contributed by atoms with Crippen LogP contribution in [0.5, 0.6) is 0 Å². The fourth-order valence-electron chi connectivity index (χ4n) is 3.65. The van der Waals surface area contributed by atoms with E-state index in [9.17, 15) is 15.0 Å². The lowest BCUT2D eigenvalue weighted by atomic mass is 9.59. The Balaban J connectivity index is 2.10. The molecule has 2 fully saturated rings. The van der Waals surface area contributed by atoms with E-state index in [1.54, 1.807) is 24.3 Å². The van der Waals surface area contributed by atoms with E-state index in [-0.39, 0.29) is 11.7 Å². The highest BCUT2D eigenvalue weighted by molar-refractivity contribution is 5.91. The maximum Gasteiger partial charge on any atom is 0.176 e. The van der Waals surface area contributed by atoms with Crippen molar-refractivity contribution in [3.8, 4) is 0 Å². The number of rotatable bonds is 1. The van der Waals surface area contributed by atoms with E-state index in [4.69, 9.17) is 0 Å². The molecule has 2 saturated carbocycles. The van der Waals surface area contributed by atoms with Crippen molar-refractivity contribution in [2.75, 3.05) is 0 Å². The normalized spacial score (nSPS) is 39.7. The number of aliphatic hydroxyl groups is 2. The molecule has 0 aromatic heterocycles. The van der Waals surface area contributed by atoms with Crippen molar-refractivity contribution in [2.24, 2.45) is 5.92 Å². The number of Topliss-reactive ketones (excluding diaryl/α,β-unsaturated/α-hetero) is 1.